The summed E-state index contributed by atoms with van der Waals surface area (Å²) >= 11 is 0. The lowest BCUT2D eigenvalue weighted by atomic mass is 10.4. The molecule has 204 valence electrons. The maximum Gasteiger partial charge on any atom is 0.330 e. The normalized spacial score (nSPS) is 8.80. The van der Waals surface area contributed by atoms with Gasteiger partial charge in [0, 0.05) is 11.1 Å². The van der Waals surface area contributed by atoms with E-state index in [0.29, 0.717) is 39.6 Å². The van der Waals surface area contributed by atoms with Crippen molar-refractivity contribution in [2.75, 3.05) is 52.9 Å². The molecule has 0 aliphatic heterocycles. The maximum atomic E-state index is 10.2. The van der Waals surface area contributed by atoms with E-state index in [1.54, 1.807) is 10.6 Å². The number of imide groups is 2. The minimum absolute atomic E-state index is 0.0413. The van der Waals surface area contributed by atoms with Gasteiger partial charge in [-0.1, -0.05) is 13.2 Å². The van der Waals surface area contributed by atoms with Gasteiger partial charge < -0.3 is 46.1 Å². The third-order valence-electron chi connectivity index (χ3n) is 2.42. The third-order valence-corrected chi connectivity index (χ3v) is 2.42. The molecule has 6 amide bonds. The van der Waals surface area contributed by atoms with Gasteiger partial charge in [0.15, 0.2) is 0 Å². The molecule has 0 bridgehead atoms. The van der Waals surface area contributed by atoms with Crippen molar-refractivity contribution >= 4 is 30.0 Å². The Labute approximate surface area is 202 Å². The van der Waals surface area contributed by atoms with Crippen molar-refractivity contribution in [3.05, 3.63) is 24.3 Å². The Hall–Kier alpha value is -3.57. The van der Waals surface area contributed by atoms with Crippen LogP contribution < -0.4 is 22.1 Å². The van der Waals surface area contributed by atoms with Gasteiger partial charge in [0.1, 0.15) is 0 Å². The number of nitrogens with two attached hydrogens (primary N) is 2. The lowest BCUT2D eigenvalue weighted by Crippen LogP contribution is -2.46. The minimum Gasteiger partial charge on any atom is -0.478 e. The Bertz CT molecular complexity index is 580. The number of primary amides is 2. The predicted molar refractivity (Wildman–Crippen MR) is 122 cm³/mol. The molecule has 0 rings (SSSR count). The van der Waals surface area contributed by atoms with Gasteiger partial charge in [-0.2, -0.15) is 0 Å². The second kappa shape index (κ2) is 28.5. The summed E-state index contributed by atoms with van der Waals surface area (Å²) in [6, 6.07) is -3.16. The lowest BCUT2D eigenvalue weighted by molar-refractivity contribution is -0.133. The molecule has 0 aliphatic carbocycles. The second-order valence-electron chi connectivity index (χ2n) is 5.76. The number of rotatable bonds is 12. The highest BCUT2D eigenvalue weighted by molar-refractivity contribution is 6.00. The van der Waals surface area contributed by atoms with Crippen LogP contribution in [0.5, 0.6) is 0 Å². The number of carbonyl (C=O) groups excluding carboxylic acids is 3. The number of carboxylic acid groups (broad SMARTS) is 2. The highest BCUT2D eigenvalue weighted by Gasteiger charge is 2.03. The summed E-state index contributed by atoms with van der Waals surface area (Å²) in [7, 11) is 0. The Balaban J connectivity index is -0.000000194. The summed E-state index contributed by atoms with van der Waals surface area (Å²) in [5, 5.41) is 35.6. The fraction of sp³-hybridized carbons (Fsp3) is 0.526. The molecule has 16 heteroatoms. The van der Waals surface area contributed by atoms with Crippen molar-refractivity contribution in [1.82, 2.24) is 10.6 Å². The number of aliphatic hydroxyl groups is 2. The van der Waals surface area contributed by atoms with E-state index in [4.69, 9.17) is 34.6 Å². The van der Waals surface area contributed by atoms with Crippen LogP contribution in [0.15, 0.2) is 24.3 Å². The number of carbonyl (C=O) groups is 5. The fourth-order valence-corrected chi connectivity index (χ4v) is 0.926. The molecule has 0 radical (unpaired) electrons. The summed E-state index contributed by atoms with van der Waals surface area (Å²) in [6.45, 7) is 12.0. The molecule has 0 spiro atoms. The topological polar surface area (TPSA) is 270 Å². The van der Waals surface area contributed by atoms with Gasteiger partial charge >= 0.3 is 30.0 Å². The monoisotopic (exact) mass is 512 g/mol. The van der Waals surface area contributed by atoms with Crippen molar-refractivity contribution in [2.24, 2.45) is 11.5 Å². The van der Waals surface area contributed by atoms with Crippen LogP contribution in [-0.4, -0.2) is 103 Å². The SMILES string of the molecule is C=C(C)C(=O)O.C=C(C)C(=O)O.NC(=O)NC(=O)NC(N)=O.OCCOCCOCCOCCO. The molecule has 0 heterocycles. The summed E-state index contributed by atoms with van der Waals surface area (Å²) in [6.07, 6.45) is 0. The molecule has 0 saturated heterocycles. The Morgan fingerprint density at radius 2 is 0.886 bits per heavy atom. The van der Waals surface area contributed by atoms with Crippen LogP contribution in [0.2, 0.25) is 0 Å². The quantitative estimate of drug-likeness (QED) is 0.113. The molecule has 0 atom stereocenters. The Morgan fingerprint density at radius 1 is 0.657 bits per heavy atom. The highest BCUT2D eigenvalue weighted by atomic mass is 16.5. The van der Waals surface area contributed by atoms with E-state index in [1.807, 2.05) is 0 Å². The van der Waals surface area contributed by atoms with E-state index in [1.165, 1.54) is 13.8 Å². The summed E-state index contributed by atoms with van der Waals surface area (Å²) in [5.41, 5.74) is 9.36. The summed E-state index contributed by atoms with van der Waals surface area (Å²) < 4.78 is 15.0. The van der Waals surface area contributed by atoms with Gasteiger partial charge in [-0.3, -0.25) is 10.6 Å². The zero-order chi connectivity index (χ0) is 28.2. The molecule has 35 heavy (non-hydrogen) atoms. The van der Waals surface area contributed by atoms with Gasteiger partial charge in [0.05, 0.1) is 52.9 Å². The molecule has 0 saturated carbocycles. The molecular weight excluding hydrogens is 476 g/mol. The molecule has 0 aromatic rings. The molecule has 0 unspecified atom stereocenters. The Kier molecular flexibility index (Phi) is 31.5. The summed E-state index contributed by atoms with van der Waals surface area (Å²) in [5.74, 6) is -1.87. The molecule has 0 fully saturated rings. The number of aliphatic hydroxyl groups excluding tert-OH is 2. The van der Waals surface area contributed by atoms with E-state index in [9.17, 15) is 24.0 Å². The number of hydrogen-bond donors (Lipinski definition) is 8. The molecular formula is C19H36N4O12. The average molecular weight is 513 g/mol. The number of ether oxygens (including phenoxy) is 3. The number of nitrogens with one attached hydrogen (secondary N) is 2. The first-order chi connectivity index (χ1) is 16.2. The first-order valence-electron chi connectivity index (χ1n) is 9.62. The minimum atomic E-state index is -1.06. The van der Waals surface area contributed by atoms with Gasteiger partial charge in [-0.15, -0.1) is 0 Å². The van der Waals surface area contributed by atoms with E-state index in [0.717, 1.165) is 0 Å². The van der Waals surface area contributed by atoms with Gasteiger partial charge in [-0.05, 0) is 13.8 Å². The first kappa shape index (κ1) is 38.7. The van der Waals surface area contributed by atoms with Crippen LogP contribution in [0.3, 0.4) is 0 Å². The zero-order valence-electron chi connectivity index (χ0n) is 19.8. The molecule has 0 aromatic carbocycles. The van der Waals surface area contributed by atoms with Crippen molar-refractivity contribution in [3.63, 3.8) is 0 Å². The van der Waals surface area contributed by atoms with Gasteiger partial charge in [0.2, 0.25) is 0 Å². The number of hydrogen-bond acceptors (Lipinski definition) is 10. The van der Waals surface area contributed by atoms with Crippen molar-refractivity contribution in [3.8, 4) is 0 Å². The van der Waals surface area contributed by atoms with Gasteiger partial charge in [0.25, 0.3) is 0 Å². The summed E-state index contributed by atoms with van der Waals surface area (Å²) in [4.78, 5) is 49.2. The molecule has 0 aromatic heterocycles. The van der Waals surface area contributed by atoms with Crippen LogP contribution in [0.1, 0.15) is 13.8 Å². The number of aliphatic carboxylic acids is 2. The van der Waals surface area contributed by atoms with Crippen molar-refractivity contribution in [1.29, 1.82) is 0 Å². The van der Waals surface area contributed by atoms with E-state index < -0.39 is 30.0 Å². The largest absolute Gasteiger partial charge is 0.478 e. The molecule has 10 N–H and O–H groups in total. The lowest BCUT2D eigenvalue weighted by Gasteiger charge is -2.04. The highest BCUT2D eigenvalue weighted by Crippen LogP contribution is 1.82. The van der Waals surface area contributed by atoms with Crippen LogP contribution in [-0.2, 0) is 23.8 Å². The fourth-order valence-electron chi connectivity index (χ4n) is 0.926. The second-order valence-corrected chi connectivity index (χ2v) is 5.76. The van der Waals surface area contributed by atoms with Crippen LogP contribution in [0.25, 0.3) is 0 Å². The van der Waals surface area contributed by atoms with Crippen molar-refractivity contribution in [2.45, 2.75) is 13.8 Å². The maximum absolute atomic E-state index is 10.2. The van der Waals surface area contributed by atoms with E-state index in [2.05, 4.69) is 24.6 Å². The standard InChI is InChI=1S/C8H18O5.2C4H6O2.C3H6N4O3/c9-1-3-11-5-7-13-8-6-12-4-2-10;2*1-3(2)4(5)6;4-1(8)6-3(10)7-2(5)9/h9-10H,1-8H2;2*1H2,2H3,(H,5,6);(H6,4,5,6,7,8,9,10). The van der Waals surface area contributed by atoms with Gasteiger partial charge in [-0.25, -0.2) is 24.0 Å². The first-order valence-corrected chi connectivity index (χ1v) is 9.62. The van der Waals surface area contributed by atoms with E-state index >= 15 is 0 Å². The zero-order valence-corrected chi connectivity index (χ0v) is 19.8. The van der Waals surface area contributed by atoms with Crippen LogP contribution >= 0.6 is 0 Å². The number of amides is 6. The van der Waals surface area contributed by atoms with E-state index in [-0.39, 0.29) is 24.4 Å². The predicted octanol–water partition coefficient (Wildman–Crippen LogP) is -1.24. The molecule has 0 aliphatic rings. The Morgan fingerprint density at radius 3 is 1.06 bits per heavy atom. The smallest absolute Gasteiger partial charge is 0.330 e. The number of carboxylic acids is 2. The average Bonchev–Trinajstić information content (AvgIpc) is 2.72. The van der Waals surface area contributed by atoms with Crippen LogP contribution in [0, 0.1) is 0 Å². The van der Waals surface area contributed by atoms with Crippen LogP contribution in [0.4, 0.5) is 14.4 Å². The third kappa shape index (κ3) is 48.9. The molecule has 16 nitrogen and oxygen atoms in total. The van der Waals surface area contributed by atoms with Crippen molar-refractivity contribution < 1.29 is 58.6 Å². The number of urea groups is 3.